The van der Waals surface area contributed by atoms with Gasteiger partial charge in [-0.2, -0.15) is 0 Å². The van der Waals surface area contributed by atoms with Crippen molar-refractivity contribution < 1.29 is 14.6 Å². The fourth-order valence-corrected chi connectivity index (χ4v) is 2.26. The Morgan fingerprint density at radius 3 is 2.56 bits per heavy atom. The average Bonchev–Trinajstić information content (AvgIpc) is 2.20. The molecule has 0 bridgehead atoms. The minimum absolute atomic E-state index is 0.109. The van der Waals surface area contributed by atoms with E-state index < -0.39 is 5.97 Å². The van der Waals surface area contributed by atoms with E-state index in [9.17, 15) is 4.79 Å². The first-order chi connectivity index (χ1) is 7.47. The summed E-state index contributed by atoms with van der Waals surface area (Å²) in [6.07, 6.45) is 0.583. The number of aliphatic carboxylic acids is 1. The molecular formula is C12H15BrO3. The molecule has 1 aromatic rings. The first kappa shape index (κ1) is 13.0. The van der Waals surface area contributed by atoms with Crippen LogP contribution in [0, 0.1) is 13.8 Å². The zero-order valence-electron chi connectivity index (χ0n) is 9.63. The van der Waals surface area contributed by atoms with Crippen LogP contribution in [0.2, 0.25) is 0 Å². The molecule has 1 aromatic carbocycles. The van der Waals surface area contributed by atoms with Gasteiger partial charge in [0.05, 0.1) is 7.11 Å². The molecule has 0 saturated heterocycles. The Balaban J connectivity index is 3.17. The Morgan fingerprint density at radius 2 is 2.06 bits per heavy atom. The maximum atomic E-state index is 10.6. The van der Waals surface area contributed by atoms with Gasteiger partial charge in [0.15, 0.2) is 0 Å². The van der Waals surface area contributed by atoms with E-state index in [2.05, 4.69) is 15.9 Å². The second-order valence-electron chi connectivity index (χ2n) is 3.73. The van der Waals surface area contributed by atoms with Crippen LogP contribution in [0.1, 0.15) is 23.1 Å². The summed E-state index contributed by atoms with van der Waals surface area (Å²) in [7, 11) is 1.61. The van der Waals surface area contributed by atoms with Crippen LogP contribution < -0.4 is 4.74 Å². The summed E-state index contributed by atoms with van der Waals surface area (Å²) in [5, 5.41) is 8.71. The van der Waals surface area contributed by atoms with Crippen molar-refractivity contribution in [3.63, 3.8) is 0 Å². The van der Waals surface area contributed by atoms with Crippen molar-refractivity contribution in [2.75, 3.05) is 7.11 Å². The number of hydrogen-bond donors (Lipinski definition) is 1. The molecule has 4 heteroatoms. The quantitative estimate of drug-likeness (QED) is 0.925. The van der Waals surface area contributed by atoms with Gasteiger partial charge in [-0.25, -0.2) is 0 Å². The molecule has 0 fully saturated rings. The third-order valence-corrected chi connectivity index (χ3v) is 3.57. The third-order valence-electron chi connectivity index (χ3n) is 2.47. The maximum absolute atomic E-state index is 10.6. The Bertz CT molecular complexity index is 413. The van der Waals surface area contributed by atoms with Gasteiger partial charge in [0.2, 0.25) is 0 Å². The topological polar surface area (TPSA) is 46.5 Å². The van der Waals surface area contributed by atoms with Crippen LogP contribution in [0.25, 0.3) is 0 Å². The number of ether oxygens (including phenoxy) is 1. The second kappa shape index (κ2) is 5.34. The lowest BCUT2D eigenvalue weighted by molar-refractivity contribution is -0.136. The molecule has 0 aromatic heterocycles. The summed E-state index contributed by atoms with van der Waals surface area (Å²) in [6.45, 7) is 3.95. The molecule has 1 N–H and O–H groups in total. The van der Waals surface area contributed by atoms with Crippen molar-refractivity contribution in [3.8, 4) is 5.75 Å². The lowest BCUT2D eigenvalue weighted by atomic mass is 10.0. The van der Waals surface area contributed by atoms with E-state index in [4.69, 9.17) is 9.84 Å². The number of carboxylic acids is 1. The number of benzene rings is 1. The summed E-state index contributed by atoms with van der Waals surface area (Å²) in [5.74, 6) is -0.0214. The van der Waals surface area contributed by atoms with Crippen LogP contribution >= 0.6 is 15.9 Å². The monoisotopic (exact) mass is 286 g/mol. The molecule has 0 unspecified atom stereocenters. The molecule has 0 aliphatic carbocycles. The number of hydrogen-bond acceptors (Lipinski definition) is 2. The van der Waals surface area contributed by atoms with Crippen molar-refractivity contribution in [2.24, 2.45) is 0 Å². The number of carbonyl (C=O) groups is 1. The minimum atomic E-state index is -0.798. The largest absolute Gasteiger partial charge is 0.496 e. The number of halogens is 1. The van der Waals surface area contributed by atoms with E-state index in [1.54, 1.807) is 7.11 Å². The van der Waals surface area contributed by atoms with Gasteiger partial charge in [-0.05, 0) is 31.4 Å². The number of methoxy groups -OCH3 is 1. The third kappa shape index (κ3) is 2.76. The molecule has 88 valence electrons. The number of aryl methyl sites for hydroxylation is 2. The van der Waals surface area contributed by atoms with E-state index >= 15 is 0 Å². The zero-order valence-corrected chi connectivity index (χ0v) is 11.2. The molecule has 1 rings (SSSR count). The SMILES string of the molecule is COc1c(C)cc(C)c(Br)c1CCC(=O)O. The summed E-state index contributed by atoms with van der Waals surface area (Å²) in [4.78, 5) is 10.6. The molecule has 3 nitrogen and oxygen atoms in total. The van der Waals surface area contributed by atoms with Crippen LogP contribution in [0.4, 0.5) is 0 Å². The van der Waals surface area contributed by atoms with Crippen LogP contribution in [-0.2, 0) is 11.2 Å². The van der Waals surface area contributed by atoms with Crippen molar-refractivity contribution in [1.82, 2.24) is 0 Å². The van der Waals surface area contributed by atoms with Crippen LogP contribution in [0.5, 0.6) is 5.75 Å². The Kier molecular flexibility index (Phi) is 4.35. The molecule has 0 saturated carbocycles. The van der Waals surface area contributed by atoms with Crippen molar-refractivity contribution in [1.29, 1.82) is 0 Å². The van der Waals surface area contributed by atoms with Gasteiger partial charge >= 0.3 is 5.97 Å². The lowest BCUT2D eigenvalue weighted by Gasteiger charge is -2.14. The average molecular weight is 287 g/mol. The predicted octanol–water partition coefficient (Wildman–Crippen LogP) is 3.09. The fourth-order valence-electron chi connectivity index (χ4n) is 1.77. The van der Waals surface area contributed by atoms with Gasteiger partial charge < -0.3 is 9.84 Å². The number of carboxylic acid groups (broad SMARTS) is 1. The Morgan fingerprint density at radius 1 is 1.44 bits per heavy atom. The van der Waals surface area contributed by atoms with Crippen molar-refractivity contribution in [2.45, 2.75) is 26.7 Å². The molecule has 16 heavy (non-hydrogen) atoms. The highest BCUT2D eigenvalue weighted by atomic mass is 79.9. The smallest absolute Gasteiger partial charge is 0.303 e. The summed E-state index contributed by atoms with van der Waals surface area (Å²) in [5.41, 5.74) is 3.06. The highest BCUT2D eigenvalue weighted by molar-refractivity contribution is 9.10. The lowest BCUT2D eigenvalue weighted by Crippen LogP contribution is -2.02. The van der Waals surface area contributed by atoms with Gasteiger partial charge in [-0.3, -0.25) is 4.79 Å². The summed E-state index contributed by atoms with van der Waals surface area (Å²) >= 11 is 3.48. The highest BCUT2D eigenvalue weighted by Crippen LogP contribution is 2.34. The standard InChI is InChI=1S/C12H15BrO3/c1-7-6-8(2)12(16-3)9(11(7)13)4-5-10(14)15/h6H,4-5H2,1-3H3,(H,14,15). The molecule has 0 radical (unpaired) electrons. The van der Waals surface area contributed by atoms with Crippen LogP contribution in [0.3, 0.4) is 0 Å². The Labute approximate surface area is 104 Å². The minimum Gasteiger partial charge on any atom is -0.496 e. The van der Waals surface area contributed by atoms with Crippen molar-refractivity contribution in [3.05, 3.63) is 27.2 Å². The predicted molar refractivity (Wildman–Crippen MR) is 66.1 cm³/mol. The molecule has 0 aliphatic heterocycles. The first-order valence-corrected chi connectivity index (χ1v) is 5.81. The molecular weight excluding hydrogens is 272 g/mol. The van der Waals surface area contributed by atoms with E-state index in [1.807, 2.05) is 19.9 Å². The zero-order chi connectivity index (χ0) is 12.3. The fraction of sp³-hybridized carbons (Fsp3) is 0.417. The summed E-state index contributed by atoms with van der Waals surface area (Å²) < 4.78 is 6.26. The Hall–Kier alpha value is -1.03. The molecule has 0 atom stereocenters. The van der Waals surface area contributed by atoms with Crippen LogP contribution in [0.15, 0.2) is 10.5 Å². The second-order valence-corrected chi connectivity index (χ2v) is 4.52. The summed E-state index contributed by atoms with van der Waals surface area (Å²) in [6, 6.07) is 2.02. The van der Waals surface area contributed by atoms with Gasteiger partial charge in [0.1, 0.15) is 5.75 Å². The van der Waals surface area contributed by atoms with Gasteiger partial charge in [-0.15, -0.1) is 0 Å². The highest BCUT2D eigenvalue weighted by Gasteiger charge is 2.14. The van der Waals surface area contributed by atoms with Gasteiger partial charge in [-0.1, -0.05) is 22.0 Å². The van der Waals surface area contributed by atoms with E-state index in [1.165, 1.54) is 0 Å². The molecule has 0 amide bonds. The number of rotatable bonds is 4. The van der Waals surface area contributed by atoms with E-state index in [0.29, 0.717) is 6.42 Å². The maximum Gasteiger partial charge on any atom is 0.303 e. The van der Waals surface area contributed by atoms with Gasteiger partial charge in [0.25, 0.3) is 0 Å². The van der Waals surface area contributed by atoms with Gasteiger partial charge in [0, 0.05) is 16.5 Å². The normalized spacial score (nSPS) is 10.2. The van der Waals surface area contributed by atoms with E-state index in [-0.39, 0.29) is 6.42 Å². The van der Waals surface area contributed by atoms with Crippen molar-refractivity contribution >= 4 is 21.9 Å². The van der Waals surface area contributed by atoms with E-state index in [0.717, 1.165) is 26.9 Å². The first-order valence-electron chi connectivity index (χ1n) is 5.01. The van der Waals surface area contributed by atoms with Crippen LogP contribution in [-0.4, -0.2) is 18.2 Å². The molecule has 0 spiro atoms. The molecule has 0 aliphatic rings. The molecule has 0 heterocycles.